The SMILES string of the molecule is CC(C)CC(NC(=O)[C@H](CCCNC(=N)N)NC(=O)C(Cc1ccc(O)cc1)NNC(=O)C(N)CCCCC(N)C(=O)NNC(Cc1ccc(O)cc1)C(=O)N[C@@H](CCCNC(=N)N)C(=O)NC(CC(C)C)C(=O)N[C@@H](CCCNC(=N)N)C(=O)NC(Cc1ccc(O)cc1)C(N)=O)C(=O)N[C@@H](CCCNC(=N)N)C(=O)NC(Cc1ccc(O)cc1)C(N)=O. The number of amides is 12. The van der Waals surface area contributed by atoms with Crippen molar-refractivity contribution in [3.8, 4) is 23.0 Å². The Balaban J connectivity index is 1.49. The summed E-state index contributed by atoms with van der Waals surface area (Å²) in [5.74, 6) is -12.4. The number of benzene rings is 4. The molecule has 44 heteroatoms. The quantitative estimate of drug-likeness (QED) is 0.00851. The van der Waals surface area contributed by atoms with E-state index in [1.54, 1.807) is 27.7 Å². The summed E-state index contributed by atoms with van der Waals surface area (Å²) < 4.78 is 0. The average molecular weight is 1740 g/mol. The number of phenolic OH excluding ortho intramolecular Hbond substituents is 4. The maximum atomic E-state index is 14.6. The van der Waals surface area contributed by atoms with Crippen molar-refractivity contribution in [2.24, 2.45) is 57.7 Å². The van der Waals surface area contributed by atoms with Gasteiger partial charge in [0.1, 0.15) is 83.4 Å². The monoisotopic (exact) mass is 1730 g/mol. The third-order valence-electron chi connectivity index (χ3n) is 19.3. The third-order valence-corrected chi connectivity index (χ3v) is 19.3. The molecule has 4 aromatic carbocycles. The van der Waals surface area contributed by atoms with E-state index in [9.17, 15) is 78.0 Å². The van der Waals surface area contributed by atoms with Crippen LogP contribution in [0.1, 0.15) is 140 Å². The van der Waals surface area contributed by atoms with Crippen molar-refractivity contribution < 1.29 is 78.0 Å². The molecule has 0 aliphatic carbocycles. The molecule has 682 valence electrons. The van der Waals surface area contributed by atoms with Crippen LogP contribution in [0.3, 0.4) is 0 Å². The lowest BCUT2D eigenvalue weighted by atomic mass is 10.00. The topological polar surface area (TPSA) is 782 Å². The number of hydrazine groups is 2. The lowest BCUT2D eigenvalue weighted by Crippen LogP contribution is -2.60. The van der Waals surface area contributed by atoms with Gasteiger partial charge in [-0.15, -0.1) is 0 Å². The Hall–Kier alpha value is -13.4. The van der Waals surface area contributed by atoms with E-state index in [2.05, 4.69) is 85.5 Å². The Labute approximate surface area is 718 Å². The molecule has 0 aromatic heterocycles. The van der Waals surface area contributed by atoms with E-state index >= 15 is 0 Å². The van der Waals surface area contributed by atoms with Crippen LogP contribution >= 0.6 is 0 Å². The molecule has 4 rings (SSSR count). The fraction of sp³-hybridized carbons (Fsp3) is 0.500. The van der Waals surface area contributed by atoms with Crippen LogP contribution in [0.25, 0.3) is 0 Å². The Bertz CT molecular complexity index is 3920. The summed E-state index contributed by atoms with van der Waals surface area (Å²) in [7, 11) is 0. The highest BCUT2D eigenvalue weighted by Crippen LogP contribution is 2.19. The molecule has 0 radical (unpaired) electrons. The molecule has 44 nitrogen and oxygen atoms in total. The molecule has 0 saturated carbocycles. The minimum atomic E-state index is -1.42. The number of aromatic hydroxyl groups is 4. The average Bonchev–Trinajstić information content (AvgIpc) is 0.851. The maximum absolute atomic E-state index is 14.6. The van der Waals surface area contributed by atoms with Crippen molar-refractivity contribution in [1.29, 1.82) is 21.6 Å². The van der Waals surface area contributed by atoms with Gasteiger partial charge in [-0.05, 0) is 173 Å². The van der Waals surface area contributed by atoms with E-state index in [-0.39, 0.29) is 200 Å². The van der Waals surface area contributed by atoms with Crippen LogP contribution in [0.5, 0.6) is 23.0 Å². The number of carbonyl (C=O) groups is 12. The molecule has 0 heterocycles. The van der Waals surface area contributed by atoms with Crippen LogP contribution in [-0.4, -0.2) is 214 Å². The Morgan fingerprint density at radius 1 is 0.282 bits per heavy atom. The smallest absolute Gasteiger partial charge is 0.250 e. The Kier molecular flexibility index (Phi) is 44.9. The standard InChI is InChI=1S/C80H126N28O16/c1-43(2)37-61(73(121)97-55(13-7-33-93-77(85)86)69(117)101-59(65(83)113)39-45-17-25-49(109)26-18-45)103-71(119)57(15-9-35-95-79(89)90)99-75(123)63(41-47-21-29-51(111)30-22-47)105-107-67(115)53(81)11-5-6-12-54(82)68(116)108-106-64(42-48-23-31-52(112)32-24-48)76(124)100-58(16-10-36-96-80(91)92)72(120)104-62(38-44(3)4)74(122)98-56(14-8-34-94-78(87)88)70(118)102-60(66(84)114)40-46-19-27-50(110)28-20-46/h17-32,43-44,53-64,105-106,109-112H,5-16,33-42,81-82H2,1-4H3,(H2,83,113)(H2,84,114)(H,97,121)(H,98,122)(H,99,123)(H,100,124)(H,101,117)(H,102,118)(H,103,119)(H,104,120)(H,107,115)(H,108,116)(H4,85,86,93)(H4,87,88,94)(H4,89,90,95)(H4,91,92,96)/t53?,54?,55-,56-,57-,58-,59?,60?,61?,62?,63?,64?/m0/s1. The van der Waals surface area contributed by atoms with E-state index in [1.165, 1.54) is 97.1 Å². The van der Waals surface area contributed by atoms with Gasteiger partial charge in [-0.2, -0.15) is 0 Å². The van der Waals surface area contributed by atoms with Crippen LogP contribution in [0.4, 0.5) is 0 Å². The van der Waals surface area contributed by atoms with Crippen LogP contribution < -0.4 is 131 Å². The van der Waals surface area contributed by atoms with E-state index in [0.717, 1.165) is 0 Å². The summed E-state index contributed by atoms with van der Waals surface area (Å²) in [6.07, 6.45) is 0.175. The summed E-state index contributed by atoms with van der Waals surface area (Å²) in [5, 5.41) is 102. The van der Waals surface area contributed by atoms with Crippen LogP contribution in [0, 0.1) is 33.5 Å². The molecular formula is C80H126N28O16. The van der Waals surface area contributed by atoms with Crippen molar-refractivity contribution in [1.82, 2.24) is 85.5 Å². The minimum absolute atomic E-state index is 0.00357. The van der Waals surface area contributed by atoms with Gasteiger partial charge in [0.05, 0.1) is 12.1 Å². The molecule has 0 fully saturated rings. The number of hydrogen-bond donors (Lipinski definition) is 32. The van der Waals surface area contributed by atoms with Gasteiger partial charge in [0, 0.05) is 39.0 Å². The van der Waals surface area contributed by atoms with Crippen molar-refractivity contribution in [2.75, 3.05) is 26.2 Å². The molecule has 12 atom stereocenters. The van der Waals surface area contributed by atoms with E-state index in [1.807, 2.05) is 0 Å². The van der Waals surface area contributed by atoms with E-state index in [4.69, 9.17) is 67.5 Å². The van der Waals surface area contributed by atoms with Crippen molar-refractivity contribution in [3.63, 3.8) is 0 Å². The lowest BCUT2D eigenvalue weighted by molar-refractivity contribution is -0.135. The number of nitrogens with two attached hydrogens (primary N) is 8. The van der Waals surface area contributed by atoms with Gasteiger partial charge in [0.2, 0.25) is 59.1 Å². The zero-order chi connectivity index (χ0) is 92.1. The number of phenols is 4. The van der Waals surface area contributed by atoms with Gasteiger partial charge >= 0.3 is 0 Å². The van der Waals surface area contributed by atoms with Gasteiger partial charge in [-0.25, -0.2) is 10.9 Å². The summed E-state index contributed by atoms with van der Waals surface area (Å²) in [5.41, 5.74) is 58.7. The highest BCUT2D eigenvalue weighted by atomic mass is 16.3. The molecule has 124 heavy (non-hydrogen) atoms. The first-order valence-corrected chi connectivity index (χ1v) is 40.7. The molecular weight excluding hydrogens is 1610 g/mol. The lowest BCUT2D eigenvalue weighted by Gasteiger charge is -2.28. The van der Waals surface area contributed by atoms with E-state index < -0.39 is 143 Å². The first-order valence-electron chi connectivity index (χ1n) is 40.7. The first-order chi connectivity index (χ1) is 58.7. The molecule has 0 aliphatic rings. The molecule has 0 aliphatic heterocycles. The number of carbonyl (C=O) groups excluding carboxylic acids is 12. The first kappa shape index (κ1) is 103. The Morgan fingerprint density at radius 2 is 0.484 bits per heavy atom. The van der Waals surface area contributed by atoms with E-state index in [0.29, 0.717) is 22.3 Å². The second-order valence-corrected chi connectivity index (χ2v) is 30.8. The summed E-state index contributed by atoms with van der Waals surface area (Å²) in [6.45, 7) is 7.41. The molecule has 12 amide bonds. The maximum Gasteiger partial charge on any atom is 0.250 e. The van der Waals surface area contributed by atoms with Gasteiger partial charge in [-0.1, -0.05) is 89.1 Å². The number of guanidine groups is 4. The molecule has 0 spiro atoms. The zero-order valence-corrected chi connectivity index (χ0v) is 70.2. The number of rotatable bonds is 57. The van der Waals surface area contributed by atoms with Crippen LogP contribution in [-0.2, 0) is 83.2 Å². The predicted octanol–water partition coefficient (Wildman–Crippen LogP) is -5.03. The molecule has 4 aromatic rings. The normalized spacial score (nSPS) is 14.0. The number of nitrogens with one attached hydrogen (secondary N) is 20. The van der Waals surface area contributed by atoms with Crippen molar-refractivity contribution in [2.45, 2.75) is 216 Å². The summed E-state index contributed by atoms with van der Waals surface area (Å²) in [6, 6.07) is 7.18. The summed E-state index contributed by atoms with van der Waals surface area (Å²) >= 11 is 0. The van der Waals surface area contributed by atoms with Crippen LogP contribution in [0.15, 0.2) is 97.1 Å². The second-order valence-electron chi connectivity index (χ2n) is 30.8. The van der Waals surface area contributed by atoms with Gasteiger partial charge < -0.3 is 130 Å². The zero-order valence-electron chi connectivity index (χ0n) is 70.2. The van der Waals surface area contributed by atoms with Gasteiger partial charge in [0.25, 0.3) is 11.8 Å². The number of unbranched alkanes of at least 4 members (excludes halogenated alkanes) is 1. The van der Waals surface area contributed by atoms with Crippen molar-refractivity contribution in [3.05, 3.63) is 119 Å². The largest absolute Gasteiger partial charge is 0.508 e. The fourth-order valence-electron chi connectivity index (χ4n) is 12.6. The third kappa shape index (κ3) is 40.8. The highest BCUT2D eigenvalue weighted by molar-refractivity contribution is 5.98. The van der Waals surface area contributed by atoms with Gasteiger partial charge in [-0.3, -0.25) is 90.0 Å². The number of hydrogen-bond acceptors (Lipinski definition) is 24. The fourth-order valence-corrected chi connectivity index (χ4v) is 12.6. The van der Waals surface area contributed by atoms with Crippen molar-refractivity contribution >= 4 is 94.7 Å². The number of primary amides is 2. The second kappa shape index (κ2) is 54.1. The molecule has 8 unspecified atom stereocenters. The molecule has 0 bridgehead atoms. The predicted molar refractivity (Wildman–Crippen MR) is 461 cm³/mol. The van der Waals surface area contributed by atoms with Crippen LogP contribution in [0.2, 0.25) is 0 Å². The van der Waals surface area contributed by atoms with Gasteiger partial charge in [0.15, 0.2) is 23.8 Å². The molecule has 0 saturated heterocycles. The Morgan fingerprint density at radius 3 is 0.702 bits per heavy atom. The highest BCUT2D eigenvalue weighted by Gasteiger charge is 2.36. The minimum Gasteiger partial charge on any atom is -0.508 e. The molecule has 40 N–H and O–H groups in total. The summed E-state index contributed by atoms with van der Waals surface area (Å²) in [4.78, 5) is 168.